The molecule has 1 aliphatic heterocycles. The number of carboxylic acid groups (broad SMARTS) is 1. The molecule has 1 aromatic carbocycles. The van der Waals surface area contributed by atoms with Crippen LogP contribution < -0.4 is 5.46 Å². The van der Waals surface area contributed by atoms with Crippen LogP contribution in [-0.2, 0) is 9.31 Å². The van der Waals surface area contributed by atoms with Crippen molar-refractivity contribution in [2.45, 2.75) is 45.8 Å². The fourth-order valence-corrected chi connectivity index (χ4v) is 2.16. The van der Waals surface area contributed by atoms with Crippen LogP contribution in [0.4, 0.5) is 4.39 Å². The van der Waals surface area contributed by atoms with Crippen molar-refractivity contribution in [1.82, 2.24) is 0 Å². The van der Waals surface area contributed by atoms with E-state index in [1.165, 1.54) is 6.07 Å². The van der Waals surface area contributed by atoms with Gasteiger partial charge >= 0.3 is 13.1 Å². The molecule has 0 atom stereocenters. The number of carbonyl (C=O) groups is 1. The molecule has 2 rings (SSSR count). The maximum absolute atomic E-state index is 13.9. The highest BCUT2D eigenvalue weighted by Crippen LogP contribution is 2.36. The molecule has 20 heavy (non-hydrogen) atoms. The van der Waals surface area contributed by atoms with Gasteiger partial charge in [-0.2, -0.15) is 0 Å². The van der Waals surface area contributed by atoms with E-state index in [2.05, 4.69) is 0 Å². The minimum Gasteiger partial charge on any atom is -0.478 e. The summed E-state index contributed by atoms with van der Waals surface area (Å²) in [6.07, 6.45) is 0. The SMILES string of the molecule is Cc1cc(B2OC(C)(C)C(C)(C)O2)cc(F)c1C(=O)O. The lowest BCUT2D eigenvalue weighted by Crippen LogP contribution is -2.41. The quantitative estimate of drug-likeness (QED) is 0.843. The van der Waals surface area contributed by atoms with E-state index in [9.17, 15) is 9.18 Å². The van der Waals surface area contributed by atoms with Gasteiger partial charge in [-0.3, -0.25) is 0 Å². The van der Waals surface area contributed by atoms with Crippen LogP contribution in [0.15, 0.2) is 12.1 Å². The van der Waals surface area contributed by atoms with Crippen molar-refractivity contribution in [2.75, 3.05) is 0 Å². The Morgan fingerprint density at radius 2 is 1.70 bits per heavy atom. The topological polar surface area (TPSA) is 55.8 Å². The lowest BCUT2D eigenvalue weighted by atomic mass is 9.77. The number of hydrogen-bond acceptors (Lipinski definition) is 3. The van der Waals surface area contributed by atoms with Crippen molar-refractivity contribution < 1.29 is 23.6 Å². The first-order valence-electron chi connectivity index (χ1n) is 6.44. The van der Waals surface area contributed by atoms with Crippen LogP contribution in [0.5, 0.6) is 0 Å². The summed E-state index contributed by atoms with van der Waals surface area (Å²) in [5.74, 6) is -2.05. The van der Waals surface area contributed by atoms with Crippen molar-refractivity contribution in [2.24, 2.45) is 0 Å². The zero-order valence-corrected chi connectivity index (χ0v) is 12.3. The van der Waals surface area contributed by atoms with Gasteiger partial charge in [-0.25, -0.2) is 9.18 Å². The van der Waals surface area contributed by atoms with Gasteiger partial charge in [0.25, 0.3) is 0 Å². The third-order valence-electron chi connectivity index (χ3n) is 4.05. The summed E-state index contributed by atoms with van der Waals surface area (Å²) >= 11 is 0. The van der Waals surface area contributed by atoms with Crippen LogP contribution in [0.25, 0.3) is 0 Å². The predicted octanol–water partition coefficient (Wildman–Crippen LogP) is 2.13. The molecule has 0 saturated carbocycles. The predicted molar refractivity (Wildman–Crippen MR) is 73.8 cm³/mol. The van der Waals surface area contributed by atoms with Crippen LogP contribution >= 0.6 is 0 Å². The second-order valence-electron chi connectivity index (χ2n) is 6.09. The maximum Gasteiger partial charge on any atom is 0.494 e. The monoisotopic (exact) mass is 280 g/mol. The van der Waals surface area contributed by atoms with E-state index in [0.717, 1.165) is 0 Å². The average molecular weight is 280 g/mol. The van der Waals surface area contributed by atoms with E-state index < -0.39 is 30.1 Å². The molecule has 0 amide bonds. The Hall–Kier alpha value is -1.40. The number of aryl methyl sites for hydroxylation is 1. The number of halogens is 1. The fourth-order valence-electron chi connectivity index (χ4n) is 2.16. The van der Waals surface area contributed by atoms with Crippen molar-refractivity contribution in [3.63, 3.8) is 0 Å². The zero-order chi connectivity index (χ0) is 15.3. The van der Waals surface area contributed by atoms with Crippen molar-refractivity contribution >= 4 is 18.6 Å². The summed E-state index contributed by atoms with van der Waals surface area (Å²) in [6.45, 7) is 9.18. The molecule has 0 spiro atoms. The van der Waals surface area contributed by atoms with Crippen molar-refractivity contribution in [1.29, 1.82) is 0 Å². The van der Waals surface area contributed by atoms with Gasteiger partial charge in [-0.1, -0.05) is 6.07 Å². The number of rotatable bonds is 2. The van der Waals surface area contributed by atoms with E-state index in [4.69, 9.17) is 14.4 Å². The zero-order valence-electron chi connectivity index (χ0n) is 12.3. The summed E-state index contributed by atoms with van der Waals surface area (Å²) in [7, 11) is -0.698. The first-order chi connectivity index (χ1) is 9.05. The Morgan fingerprint density at radius 1 is 1.20 bits per heavy atom. The Morgan fingerprint density at radius 3 is 2.10 bits per heavy atom. The van der Waals surface area contributed by atoms with E-state index >= 15 is 0 Å². The molecule has 1 aromatic rings. The molecule has 108 valence electrons. The molecule has 0 bridgehead atoms. The summed E-state index contributed by atoms with van der Waals surface area (Å²) in [5.41, 5.74) is -0.516. The van der Waals surface area contributed by atoms with Gasteiger partial charge in [0.1, 0.15) is 5.82 Å². The third-order valence-corrected chi connectivity index (χ3v) is 4.05. The first-order valence-corrected chi connectivity index (χ1v) is 6.44. The van der Waals surface area contributed by atoms with Crippen LogP contribution in [0.1, 0.15) is 43.6 Å². The highest BCUT2D eigenvalue weighted by Gasteiger charge is 2.51. The summed E-state index contributed by atoms with van der Waals surface area (Å²) < 4.78 is 25.6. The van der Waals surface area contributed by atoms with Crippen LogP contribution in [0, 0.1) is 12.7 Å². The highest BCUT2D eigenvalue weighted by molar-refractivity contribution is 6.62. The fraction of sp³-hybridized carbons (Fsp3) is 0.500. The van der Waals surface area contributed by atoms with Gasteiger partial charge in [0, 0.05) is 0 Å². The van der Waals surface area contributed by atoms with Gasteiger partial charge in [-0.05, 0) is 51.7 Å². The normalized spacial score (nSPS) is 20.2. The Balaban J connectivity index is 2.40. The number of hydrogen-bond donors (Lipinski definition) is 1. The average Bonchev–Trinajstić information content (AvgIpc) is 2.46. The molecular formula is C14H18BFO4. The third kappa shape index (κ3) is 2.34. The van der Waals surface area contributed by atoms with Gasteiger partial charge in [-0.15, -0.1) is 0 Å². The number of aromatic carboxylic acids is 1. The number of benzene rings is 1. The van der Waals surface area contributed by atoms with Gasteiger partial charge < -0.3 is 14.4 Å². The largest absolute Gasteiger partial charge is 0.494 e. The number of carboxylic acids is 1. The van der Waals surface area contributed by atoms with Crippen molar-refractivity contribution in [3.8, 4) is 0 Å². The molecule has 6 heteroatoms. The molecule has 1 aliphatic rings. The van der Waals surface area contributed by atoms with E-state index in [0.29, 0.717) is 11.0 Å². The molecule has 1 saturated heterocycles. The minimum absolute atomic E-state index is 0.315. The molecule has 0 aliphatic carbocycles. The van der Waals surface area contributed by atoms with Crippen molar-refractivity contribution in [3.05, 3.63) is 29.1 Å². The van der Waals surface area contributed by atoms with Crippen LogP contribution in [-0.4, -0.2) is 29.4 Å². The Bertz CT molecular complexity index is 529. The van der Waals surface area contributed by atoms with Gasteiger partial charge in [0.2, 0.25) is 0 Å². The molecule has 1 heterocycles. The molecule has 0 aromatic heterocycles. The second-order valence-corrected chi connectivity index (χ2v) is 6.09. The first kappa shape index (κ1) is 15.0. The van der Waals surface area contributed by atoms with Gasteiger partial charge in [0.05, 0.1) is 16.8 Å². The van der Waals surface area contributed by atoms with Crippen LogP contribution in [0.3, 0.4) is 0 Å². The van der Waals surface area contributed by atoms with E-state index in [1.54, 1.807) is 13.0 Å². The Labute approximate surface area is 118 Å². The molecule has 4 nitrogen and oxygen atoms in total. The maximum atomic E-state index is 13.9. The van der Waals surface area contributed by atoms with Gasteiger partial charge in [0.15, 0.2) is 0 Å². The molecule has 0 unspecified atom stereocenters. The molecule has 0 radical (unpaired) electrons. The molecule has 1 fully saturated rings. The van der Waals surface area contributed by atoms with Crippen LogP contribution in [0.2, 0.25) is 0 Å². The second kappa shape index (κ2) is 4.57. The lowest BCUT2D eigenvalue weighted by Gasteiger charge is -2.32. The molecular weight excluding hydrogens is 262 g/mol. The lowest BCUT2D eigenvalue weighted by molar-refractivity contribution is 0.00578. The molecule has 1 N–H and O–H groups in total. The highest BCUT2D eigenvalue weighted by atomic mass is 19.1. The van der Waals surface area contributed by atoms with E-state index in [-0.39, 0.29) is 5.56 Å². The smallest absolute Gasteiger partial charge is 0.478 e. The minimum atomic E-state index is -1.28. The van der Waals surface area contributed by atoms with E-state index in [1.807, 2.05) is 27.7 Å². The summed E-state index contributed by atoms with van der Waals surface area (Å²) in [5, 5.41) is 8.97. The summed E-state index contributed by atoms with van der Waals surface area (Å²) in [6, 6.07) is 2.76. The standard InChI is InChI=1S/C14H18BFO4/c1-8-6-9(7-10(16)11(8)12(17)18)15-19-13(2,3)14(4,5)20-15/h6-7H,1-5H3,(H,17,18). The summed E-state index contributed by atoms with van der Waals surface area (Å²) in [4.78, 5) is 11.0. The Kier molecular flexibility index (Phi) is 3.43.